The Bertz CT molecular complexity index is 556. The van der Waals surface area contributed by atoms with Crippen LogP contribution in [0.5, 0.6) is 0 Å². The van der Waals surface area contributed by atoms with Crippen molar-refractivity contribution in [1.82, 2.24) is 9.38 Å². The van der Waals surface area contributed by atoms with E-state index in [1.807, 2.05) is 17.8 Å². The first-order chi connectivity index (χ1) is 9.24. The Morgan fingerprint density at radius 3 is 2.95 bits per heavy atom. The lowest BCUT2D eigenvalue weighted by Gasteiger charge is -2.10. The molecule has 0 saturated heterocycles. The smallest absolute Gasteiger partial charge is 0.138 e. The molecule has 0 aliphatic heterocycles. The maximum atomic E-state index is 6.00. The molecular formula is C15H21N3S. The van der Waals surface area contributed by atoms with Crippen LogP contribution in [0.1, 0.15) is 38.3 Å². The summed E-state index contributed by atoms with van der Waals surface area (Å²) in [5.74, 6) is 0. The fourth-order valence-electron chi connectivity index (χ4n) is 2.77. The largest absolute Gasteiger partial charge is 0.328 e. The van der Waals surface area contributed by atoms with Crippen LogP contribution in [0.4, 0.5) is 0 Å². The van der Waals surface area contributed by atoms with Gasteiger partial charge in [-0.2, -0.15) is 0 Å². The highest BCUT2D eigenvalue weighted by Crippen LogP contribution is 2.36. The van der Waals surface area contributed by atoms with Crippen LogP contribution in [0, 0.1) is 0 Å². The number of nitrogens with zero attached hydrogens (tertiary/aromatic N) is 2. The van der Waals surface area contributed by atoms with Crippen LogP contribution in [0.2, 0.25) is 0 Å². The van der Waals surface area contributed by atoms with E-state index in [1.165, 1.54) is 36.4 Å². The number of hydrogen-bond acceptors (Lipinski definition) is 3. The van der Waals surface area contributed by atoms with Gasteiger partial charge in [-0.3, -0.25) is 0 Å². The molecule has 3 rings (SSSR count). The molecule has 1 saturated carbocycles. The second kappa shape index (κ2) is 5.55. The molecule has 1 aliphatic carbocycles. The van der Waals surface area contributed by atoms with Crippen LogP contribution in [-0.4, -0.2) is 20.7 Å². The number of hydrogen-bond donors (Lipinski definition) is 1. The number of nitrogens with two attached hydrogens (primary N) is 1. The van der Waals surface area contributed by atoms with E-state index < -0.39 is 0 Å². The molecule has 1 atom stereocenters. The average Bonchev–Trinajstić information content (AvgIpc) is 2.99. The predicted molar refractivity (Wildman–Crippen MR) is 80.7 cm³/mol. The molecule has 0 spiro atoms. The summed E-state index contributed by atoms with van der Waals surface area (Å²) in [4.78, 5) is 4.80. The summed E-state index contributed by atoms with van der Waals surface area (Å²) in [7, 11) is 0. The lowest BCUT2D eigenvalue weighted by molar-refractivity contribution is 0.705. The third-order valence-electron chi connectivity index (χ3n) is 3.69. The Morgan fingerprint density at radius 1 is 1.42 bits per heavy atom. The standard InChI is InChI=1S/C15H21N3S/c1-11(16)10-13-15(19-12-6-2-3-7-12)17-14-8-4-5-9-18(13)14/h4-5,8-9,11-12H,2-3,6-7,10,16H2,1H3. The van der Waals surface area contributed by atoms with Crippen molar-refractivity contribution in [3.05, 3.63) is 30.1 Å². The molecule has 2 N–H and O–H groups in total. The van der Waals surface area contributed by atoms with Gasteiger partial charge in [0.2, 0.25) is 0 Å². The Hall–Kier alpha value is -1.00. The van der Waals surface area contributed by atoms with E-state index in [0.717, 1.165) is 17.3 Å². The van der Waals surface area contributed by atoms with E-state index in [1.54, 1.807) is 0 Å². The first-order valence-electron chi connectivity index (χ1n) is 7.12. The molecule has 0 radical (unpaired) electrons. The van der Waals surface area contributed by atoms with Gasteiger partial charge in [-0.05, 0) is 31.9 Å². The van der Waals surface area contributed by atoms with Gasteiger partial charge in [-0.25, -0.2) is 4.98 Å². The van der Waals surface area contributed by atoms with Gasteiger partial charge in [0.1, 0.15) is 10.7 Å². The molecule has 2 heterocycles. The number of rotatable bonds is 4. The van der Waals surface area contributed by atoms with Crippen LogP contribution < -0.4 is 5.73 Å². The highest BCUT2D eigenvalue weighted by Gasteiger charge is 2.21. The molecular weight excluding hydrogens is 254 g/mol. The monoisotopic (exact) mass is 275 g/mol. The molecule has 1 aliphatic rings. The lowest BCUT2D eigenvalue weighted by Crippen LogP contribution is -2.19. The zero-order chi connectivity index (χ0) is 13.2. The number of imidazole rings is 1. The van der Waals surface area contributed by atoms with Gasteiger partial charge in [-0.1, -0.05) is 18.9 Å². The summed E-state index contributed by atoms with van der Waals surface area (Å²) in [5, 5.41) is 1.94. The minimum absolute atomic E-state index is 0.169. The van der Waals surface area contributed by atoms with E-state index in [4.69, 9.17) is 10.7 Å². The van der Waals surface area contributed by atoms with Crippen molar-refractivity contribution in [3.63, 3.8) is 0 Å². The van der Waals surface area contributed by atoms with Crippen molar-refractivity contribution in [2.24, 2.45) is 5.73 Å². The third kappa shape index (κ3) is 2.79. The summed E-state index contributed by atoms with van der Waals surface area (Å²) in [6.45, 7) is 2.06. The first kappa shape index (κ1) is 13.0. The molecule has 1 fully saturated rings. The van der Waals surface area contributed by atoms with Crippen molar-refractivity contribution in [1.29, 1.82) is 0 Å². The molecule has 4 heteroatoms. The van der Waals surface area contributed by atoms with E-state index in [0.29, 0.717) is 0 Å². The summed E-state index contributed by atoms with van der Waals surface area (Å²) in [6.07, 6.45) is 8.38. The molecule has 2 aromatic heterocycles. The highest BCUT2D eigenvalue weighted by atomic mass is 32.2. The Morgan fingerprint density at radius 2 is 2.21 bits per heavy atom. The Labute approximate surface area is 118 Å². The number of aromatic nitrogens is 2. The second-order valence-corrected chi connectivity index (χ2v) is 6.79. The van der Waals surface area contributed by atoms with Gasteiger partial charge < -0.3 is 10.1 Å². The molecule has 3 nitrogen and oxygen atoms in total. The maximum Gasteiger partial charge on any atom is 0.138 e. The summed E-state index contributed by atoms with van der Waals surface area (Å²) in [5.41, 5.74) is 8.32. The van der Waals surface area contributed by atoms with Crippen molar-refractivity contribution in [3.8, 4) is 0 Å². The summed E-state index contributed by atoms with van der Waals surface area (Å²) in [6, 6.07) is 6.34. The van der Waals surface area contributed by atoms with Crippen molar-refractivity contribution in [2.45, 2.75) is 55.3 Å². The number of fused-ring (bicyclic) bond motifs is 1. The molecule has 0 bridgehead atoms. The highest BCUT2D eigenvalue weighted by molar-refractivity contribution is 7.99. The third-order valence-corrected chi connectivity index (χ3v) is 5.04. The normalized spacial score (nSPS) is 18.2. The van der Waals surface area contributed by atoms with E-state index in [-0.39, 0.29) is 6.04 Å². The average molecular weight is 275 g/mol. The molecule has 1 unspecified atom stereocenters. The van der Waals surface area contributed by atoms with E-state index in [2.05, 4.69) is 29.7 Å². The fourth-order valence-corrected chi connectivity index (χ4v) is 4.12. The van der Waals surface area contributed by atoms with Gasteiger partial charge in [0.15, 0.2) is 0 Å². The SMILES string of the molecule is CC(N)Cc1c(SC2CCCC2)nc2ccccn12. The van der Waals surface area contributed by atoms with Gasteiger partial charge in [0, 0.05) is 23.9 Å². The van der Waals surface area contributed by atoms with Crippen LogP contribution in [0.15, 0.2) is 29.4 Å². The molecule has 19 heavy (non-hydrogen) atoms. The molecule has 0 aromatic carbocycles. The summed E-state index contributed by atoms with van der Waals surface area (Å²) < 4.78 is 2.20. The minimum Gasteiger partial charge on any atom is -0.328 e. The van der Waals surface area contributed by atoms with E-state index in [9.17, 15) is 0 Å². The fraction of sp³-hybridized carbons (Fsp3) is 0.533. The summed E-state index contributed by atoms with van der Waals surface area (Å²) >= 11 is 1.96. The molecule has 2 aromatic rings. The Kier molecular flexibility index (Phi) is 3.80. The maximum absolute atomic E-state index is 6.00. The van der Waals surface area contributed by atoms with Crippen LogP contribution in [-0.2, 0) is 6.42 Å². The van der Waals surface area contributed by atoms with Gasteiger partial charge in [-0.15, -0.1) is 11.8 Å². The van der Waals surface area contributed by atoms with Gasteiger partial charge >= 0.3 is 0 Å². The second-order valence-electron chi connectivity index (χ2n) is 5.50. The van der Waals surface area contributed by atoms with E-state index >= 15 is 0 Å². The predicted octanol–water partition coefficient (Wildman–Crippen LogP) is 3.26. The number of pyridine rings is 1. The van der Waals surface area contributed by atoms with Gasteiger partial charge in [0.05, 0.1) is 5.69 Å². The molecule has 0 amide bonds. The zero-order valence-electron chi connectivity index (χ0n) is 11.4. The van der Waals surface area contributed by atoms with Crippen LogP contribution >= 0.6 is 11.8 Å². The lowest BCUT2D eigenvalue weighted by atomic mass is 10.2. The van der Waals surface area contributed by atoms with Gasteiger partial charge in [0.25, 0.3) is 0 Å². The minimum atomic E-state index is 0.169. The molecule has 102 valence electrons. The first-order valence-corrected chi connectivity index (χ1v) is 8.00. The van der Waals surface area contributed by atoms with Crippen molar-refractivity contribution >= 4 is 17.4 Å². The van der Waals surface area contributed by atoms with Crippen molar-refractivity contribution < 1.29 is 0 Å². The van der Waals surface area contributed by atoms with Crippen LogP contribution in [0.25, 0.3) is 5.65 Å². The van der Waals surface area contributed by atoms with Crippen LogP contribution in [0.3, 0.4) is 0 Å². The zero-order valence-corrected chi connectivity index (χ0v) is 12.2. The topological polar surface area (TPSA) is 43.3 Å². The quantitative estimate of drug-likeness (QED) is 0.931. The Balaban J connectivity index is 1.96. The van der Waals surface area contributed by atoms with Crippen molar-refractivity contribution in [2.75, 3.05) is 0 Å². The number of thioether (sulfide) groups is 1.